The summed E-state index contributed by atoms with van der Waals surface area (Å²) in [6, 6.07) is 9.09. The second-order valence-electron chi connectivity index (χ2n) is 7.00. The van der Waals surface area contributed by atoms with E-state index in [4.69, 9.17) is 13.9 Å². The smallest absolute Gasteiger partial charge is 0.271 e. The van der Waals surface area contributed by atoms with Crippen LogP contribution in [0.3, 0.4) is 0 Å². The normalized spacial score (nSPS) is 12.4. The number of hydrazone groups is 1. The monoisotopic (exact) mass is 404 g/mol. The number of benzene rings is 1. The molecule has 0 atom stereocenters. The number of aromatic nitrogens is 1. The Morgan fingerprint density at radius 3 is 2.73 bits per heavy atom. The summed E-state index contributed by atoms with van der Waals surface area (Å²) in [5.74, 6) is 1.99. The predicted octanol–water partition coefficient (Wildman–Crippen LogP) is 3.67. The van der Waals surface area contributed by atoms with Crippen LogP contribution in [0.25, 0.3) is 5.88 Å². The molecule has 0 bridgehead atoms. The third-order valence-electron chi connectivity index (χ3n) is 5.16. The lowest BCUT2D eigenvalue weighted by atomic mass is 10.2. The number of furan rings is 1. The summed E-state index contributed by atoms with van der Waals surface area (Å²) in [5, 5.41) is 13.6. The summed E-state index contributed by atoms with van der Waals surface area (Å²) >= 11 is 0. The van der Waals surface area contributed by atoms with Gasteiger partial charge in [-0.1, -0.05) is 0 Å². The van der Waals surface area contributed by atoms with Crippen molar-refractivity contribution in [2.75, 3.05) is 6.79 Å². The lowest BCUT2D eigenvalue weighted by Gasteiger charge is -2.06. The van der Waals surface area contributed by atoms with Gasteiger partial charge in [0.05, 0.1) is 6.21 Å². The van der Waals surface area contributed by atoms with E-state index in [0.29, 0.717) is 34.3 Å². The average Bonchev–Trinajstić information content (AvgIpc) is 3.38. The summed E-state index contributed by atoms with van der Waals surface area (Å²) in [5.41, 5.74) is 6.81. The third-order valence-corrected chi connectivity index (χ3v) is 5.16. The summed E-state index contributed by atoms with van der Waals surface area (Å²) in [6.07, 6.45) is 1.57. The number of aryl methyl sites for hydroxylation is 2. The highest BCUT2D eigenvalue weighted by molar-refractivity contribution is 5.95. The van der Waals surface area contributed by atoms with E-state index >= 15 is 0 Å². The molecule has 3 heterocycles. The Morgan fingerprint density at radius 1 is 1.20 bits per heavy atom. The van der Waals surface area contributed by atoms with E-state index in [-0.39, 0.29) is 12.7 Å². The van der Waals surface area contributed by atoms with Gasteiger partial charge in [0.25, 0.3) is 5.91 Å². The van der Waals surface area contributed by atoms with Gasteiger partial charge >= 0.3 is 0 Å². The number of carbonyl (C=O) groups excluding carboxylic acids is 1. The largest absolute Gasteiger partial charge is 0.454 e. The highest BCUT2D eigenvalue weighted by Crippen LogP contribution is 2.32. The van der Waals surface area contributed by atoms with Crippen molar-refractivity contribution < 1.29 is 18.7 Å². The summed E-state index contributed by atoms with van der Waals surface area (Å²) in [7, 11) is 0. The fourth-order valence-corrected chi connectivity index (χ4v) is 3.39. The van der Waals surface area contributed by atoms with E-state index in [1.807, 2.05) is 38.3 Å². The van der Waals surface area contributed by atoms with Crippen molar-refractivity contribution in [2.45, 2.75) is 27.7 Å². The molecule has 1 aliphatic heterocycles. The maximum Gasteiger partial charge on any atom is 0.271 e. The van der Waals surface area contributed by atoms with Gasteiger partial charge in [0.15, 0.2) is 11.5 Å². The van der Waals surface area contributed by atoms with Crippen molar-refractivity contribution in [3.8, 4) is 23.5 Å². The number of nitrogens with zero attached hydrogens (tertiary/aromatic N) is 3. The molecule has 3 aromatic rings. The summed E-state index contributed by atoms with van der Waals surface area (Å²) < 4.78 is 18.3. The van der Waals surface area contributed by atoms with E-state index < -0.39 is 0 Å². The fraction of sp³-hybridized carbons (Fsp3) is 0.227. The molecule has 0 saturated carbocycles. The molecule has 0 aliphatic carbocycles. The molecular weight excluding hydrogens is 384 g/mol. The zero-order valence-corrected chi connectivity index (χ0v) is 17.1. The SMILES string of the molecule is Cc1oc(-n2c(C)cc(/C=N\NC(=O)c3ccc4c(c3)OCO4)c2C)c(C#N)c1C. The van der Waals surface area contributed by atoms with Gasteiger partial charge in [0.1, 0.15) is 17.4 Å². The van der Waals surface area contributed by atoms with Crippen molar-refractivity contribution in [3.05, 3.63) is 63.7 Å². The van der Waals surface area contributed by atoms with Crippen LogP contribution in [0.1, 0.15) is 44.2 Å². The lowest BCUT2D eigenvalue weighted by Crippen LogP contribution is -2.17. The Hall–Kier alpha value is -3.99. The molecule has 152 valence electrons. The Balaban J connectivity index is 1.55. The van der Waals surface area contributed by atoms with Gasteiger partial charge in [-0.2, -0.15) is 10.4 Å². The van der Waals surface area contributed by atoms with Gasteiger partial charge in [0.2, 0.25) is 12.7 Å². The van der Waals surface area contributed by atoms with Crippen molar-refractivity contribution in [1.29, 1.82) is 5.26 Å². The number of hydrogen-bond donors (Lipinski definition) is 1. The number of hydrogen-bond acceptors (Lipinski definition) is 6. The minimum Gasteiger partial charge on any atom is -0.454 e. The van der Waals surface area contributed by atoms with Crippen molar-refractivity contribution >= 4 is 12.1 Å². The third kappa shape index (κ3) is 3.20. The Kier molecular flexibility index (Phi) is 4.80. The Morgan fingerprint density at radius 2 is 1.97 bits per heavy atom. The molecule has 0 radical (unpaired) electrons. The molecule has 0 spiro atoms. The van der Waals surface area contributed by atoms with Gasteiger partial charge in [-0.25, -0.2) is 5.43 Å². The average molecular weight is 404 g/mol. The van der Waals surface area contributed by atoms with Crippen LogP contribution < -0.4 is 14.9 Å². The highest BCUT2D eigenvalue weighted by Gasteiger charge is 2.20. The number of ether oxygens (including phenoxy) is 2. The molecule has 0 fully saturated rings. The van der Waals surface area contributed by atoms with Crippen LogP contribution in [-0.2, 0) is 0 Å². The van der Waals surface area contributed by atoms with Crippen LogP contribution >= 0.6 is 0 Å². The number of carbonyl (C=O) groups is 1. The van der Waals surface area contributed by atoms with Gasteiger partial charge < -0.3 is 13.9 Å². The molecule has 1 aliphatic rings. The van der Waals surface area contributed by atoms with E-state index in [2.05, 4.69) is 16.6 Å². The van der Waals surface area contributed by atoms with Gasteiger partial charge in [-0.05, 0) is 52.0 Å². The van der Waals surface area contributed by atoms with Gasteiger partial charge in [-0.3, -0.25) is 9.36 Å². The van der Waals surface area contributed by atoms with E-state index in [1.165, 1.54) is 0 Å². The molecular formula is C22H20N4O4. The molecule has 1 amide bonds. The predicted molar refractivity (Wildman–Crippen MR) is 109 cm³/mol. The fourth-order valence-electron chi connectivity index (χ4n) is 3.39. The van der Waals surface area contributed by atoms with E-state index in [9.17, 15) is 10.1 Å². The molecule has 4 rings (SSSR count). The second kappa shape index (κ2) is 7.44. The van der Waals surface area contributed by atoms with Crippen molar-refractivity contribution in [3.63, 3.8) is 0 Å². The number of nitrogens with one attached hydrogen (secondary N) is 1. The minimum atomic E-state index is -0.359. The highest BCUT2D eigenvalue weighted by atomic mass is 16.7. The van der Waals surface area contributed by atoms with Crippen LogP contribution in [0.2, 0.25) is 0 Å². The maximum absolute atomic E-state index is 12.4. The minimum absolute atomic E-state index is 0.149. The zero-order chi connectivity index (χ0) is 21.4. The summed E-state index contributed by atoms with van der Waals surface area (Å²) in [6.45, 7) is 7.67. The molecule has 8 nitrogen and oxygen atoms in total. The summed E-state index contributed by atoms with van der Waals surface area (Å²) in [4.78, 5) is 12.4. The number of nitriles is 1. The number of rotatable bonds is 4. The molecule has 2 aromatic heterocycles. The molecule has 1 aromatic carbocycles. The first-order chi connectivity index (χ1) is 14.4. The first-order valence-corrected chi connectivity index (χ1v) is 9.33. The van der Waals surface area contributed by atoms with Crippen LogP contribution in [0.15, 0.2) is 33.8 Å². The molecule has 30 heavy (non-hydrogen) atoms. The van der Waals surface area contributed by atoms with Crippen molar-refractivity contribution in [2.24, 2.45) is 5.10 Å². The zero-order valence-electron chi connectivity index (χ0n) is 17.1. The second-order valence-corrected chi connectivity index (χ2v) is 7.00. The number of fused-ring (bicyclic) bond motifs is 1. The van der Waals surface area contributed by atoms with Gasteiger partial charge in [-0.15, -0.1) is 0 Å². The van der Waals surface area contributed by atoms with Crippen LogP contribution in [-0.4, -0.2) is 23.5 Å². The quantitative estimate of drug-likeness (QED) is 0.528. The standard InChI is InChI=1S/C22H20N4O4/c1-12-7-17(14(3)26(12)22-18(9-23)13(2)15(4)30-22)10-24-25-21(27)16-5-6-19-20(8-16)29-11-28-19/h5-8,10H,11H2,1-4H3,(H,25,27)/b24-10-. The first kappa shape index (κ1) is 19.3. The molecule has 8 heteroatoms. The van der Waals surface area contributed by atoms with Crippen LogP contribution in [0.4, 0.5) is 0 Å². The Bertz CT molecular complexity index is 1230. The molecule has 0 saturated heterocycles. The van der Waals surface area contributed by atoms with E-state index in [0.717, 1.165) is 22.5 Å². The maximum atomic E-state index is 12.4. The van der Waals surface area contributed by atoms with Gasteiger partial charge in [0, 0.05) is 28.1 Å². The van der Waals surface area contributed by atoms with E-state index in [1.54, 1.807) is 24.4 Å². The number of amides is 1. The molecule has 1 N–H and O–H groups in total. The lowest BCUT2D eigenvalue weighted by molar-refractivity contribution is 0.0954. The first-order valence-electron chi connectivity index (χ1n) is 9.33. The van der Waals surface area contributed by atoms with Crippen molar-refractivity contribution in [1.82, 2.24) is 9.99 Å². The van der Waals surface area contributed by atoms with Crippen LogP contribution in [0, 0.1) is 39.0 Å². The molecule has 0 unspecified atom stereocenters. The topological polar surface area (TPSA) is 102 Å². The Labute approximate surface area is 173 Å². The van der Waals surface area contributed by atoms with Crippen LogP contribution in [0.5, 0.6) is 11.5 Å².